The molecule has 0 aromatic carbocycles. The average Bonchev–Trinajstić information content (AvgIpc) is 2.88. The number of pyridine rings is 1. The van der Waals surface area contributed by atoms with E-state index >= 15 is 0 Å². The van der Waals surface area contributed by atoms with Crippen LogP contribution in [0.25, 0.3) is 0 Å². The summed E-state index contributed by atoms with van der Waals surface area (Å²) in [6.07, 6.45) is 2.77. The van der Waals surface area contributed by atoms with Crippen molar-refractivity contribution in [2.24, 2.45) is 5.92 Å². The maximum atomic E-state index is 5.76. The lowest BCUT2D eigenvalue weighted by Gasteiger charge is -2.02. The summed E-state index contributed by atoms with van der Waals surface area (Å²) >= 11 is 5.76. The second kappa shape index (κ2) is 4.07. The molecule has 1 aromatic heterocycles. The fourth-order valence-corrected chi connectivity index (χ4v) is 1.46. The van der Waals surface area contributed by atoms with Gasteiger partial charge in [-0.05, 0) is 37.4 Å². The van der Waals surface area contributed by atoms with E-state index in [2.05, 4.69) is 10.3 Å². The zero-order chi connectivity index (χ0) is 9.10. The van der Waals surface area contributed by atoms with Crippen LogP contribution in [0.4, 0.5) is 0 Å². The van der Waals surface area contributed by atoms with Crippen molar-refractivity contribution >= 4 is 11.6 Å². The molecular formula is C10H13ClN2. The Kier molecular flexibility index (Phi) is 2.81. The minimum atomic E-state index is 0.575. The molecule has 0 atom stereocenters. The van der Waals surface area contributed by atoms with E-state index in [0.29, 0.717) is 5.15 Å². The van der Waals surface area contributed by atoms with Gasteiger partial charge in [-0.1, -0.05) is 17.7 Å². The van der Waals surface area contributed by atoms with E-state index in [1.54, 1.807) is 6.07 Å². The van der Waals surface area contributed by atoms with Crippen LogP contribution in [-0.2, 0) is 6.54 Å². The molecule has 0 unspecified atom stereocenters. The molecule has 13 heavy (non-hydrogen) atoms. The zero-order valence-electron chi connectivity index (χ0n) is 7.46. The van der Waals surface area contributed by atoms with Gasteiger partial charge in [0.2, 0.25) is 0 Å². The minimum absolute atomic E-state index is 0.575. The monoisotopic (exact) mass is 196 g/mol. The van der Waals surface area contributed by atoms with Gasteiger partial charge in [0.05, 0.1) is 5.69 Å². The third kappa shape index (κ3) is 2.98. The Balaban J connectivity index is 1.79. The largest absolute Gasteiger partial charge is 0.311 e. The topological polar surface area (TPSA) is 24.9 Å². The van der Waals surface area contributed by atoms with Gasteiger partial charge in [-0.3, -0.25) is 0 Å². The maximum Gasteiger partial charge on any atom is 0.129 e. The highest BCUT2D eigenvalue weighted by atomic mass is 35.5. The molecule has 0 radical (unpaired) electrons. The van der Waals surface area contributed by atoms with Gasteiger partial charge in [-0.15, -0.1) is 0 Å². The van der Waals surface area contributed by atoms with Crippen LogP contribution in [0.15, 0.2) is 18.2 Å². The van der Waals surface area contributed by atoms with Gasteiger partial charge >= 0.3 is 0 Å². The molecule has 1 aliphatic rings. The lowest BCUT2D eigenvalue weighted by Crippen LogP contribution is -2.16. The Hall–Kier alpha value is -0.600. The van der Waals surface area contributed by atoms with Gasteiger partial charge in [0.1, 0.15) is 5.15 Å². The van der Waals surface area contributed by atoms with Crippen LogP contribution >= 0.6 is 11.6 Å². The van der Waals surface area contributed by atoms with Gasteiger partial charge in [-0.2, -0.15) is 0 Å². The van der Waals surface area contributed by atoms with Crippen molar-refractivity contribution in [2.45, 2.75) is 19.4 Å². The summed E-state index contributed by atoms with van der Waals surface area (Å²) in [4.78, 5) is 4.19. The number of nitrogens with one attached hydrogen (secondary N) is 1. The molecule has 2 nitrogen and oxygen atoms in total. The molecule has 0 saturated heterocycles. The number of hydrogen-bond acceptors (Lipinski definition) is 2. The zero-order valence-corrected chi connectivity index (χ0v) is 8.22. The molecule has 1 N–H and O–H groups in total. The highest BCUT2D eigenvalue weighted by Gasteiger charge is 2.20. The van der Waals surface area contributed by atoms with Crippen molar-refractivity contribution < 1.29 is 0 Å². The van der Waals surface area contributed by atoms with Gasteiger partial charge in [-0.25, -0.2) is 4.98 Å². The minimum Gasteiger partial charge on any atom is -0.311 e. The smallest absolute Gasteiger partial charge is 0.129 e. The van der Waals surface area contributed by atoms with E-state index in [0.717, 1.165) is 24.7 Å². The first-order valence-electron chi connectivity index (χ1n) is 4.67. The Labute approximate surface area is 83.3 Å². The Morgan fingerprint density at radius 1 is 1.46 bits per heavy atom. The van der Waals surface area contributed by atoms with Crippen LogP contribution in [0.5, 0.6) is 0 Å². The molecule has 0 spiro atoms. The summed E-state index contributed by atoms with van der Waals surface area (Å²) in [7, 11) is 0. The molecule has 3 heteroatoms. The molecule has 1 aliphatic carbocycles. The molecule has 0 amide bonds. The Morgan fingerprint density at radius 3 is 3.00 bits per heavy atom. The Bertz CT molecular complexity index is 284. The van der Waals surface area contributed by atoms with Crippen molar-refractivity contribution in [3.05, 3.63) is 29.0 Å². The van der Waals surface area contributed by atoms with E-state index in [9.17, 15) is 0 Å². The summed E-state index contributed by atoms with van der Waals surface area (Å²) in [5.74, 6) is 0.916. The van der Waals surface area contributed by atoms with Crippen molar-refractivity contribution in [2.75, 3.05) is 6.54 Å². The highest BCUT2D eigenvalue weighted by molar-refractivity contribution is 6.29. The third-order valence-electron chi connectivity index (χ3n) is 2.21. The van der Waals surface area contributed by atoms with Crippen LogP contribution in [0.1, 0.15) is 18.5 Å². The Morgan fingerprint density at radius 2 is 2.31 bits per heavy atom. The third-order valence-corrected chi connectivity index (χ3v) is 2.42. The number of halogens is 1. The van der Waals surface area contributed by atoms with Gasteiger partial charge in [0.25, 0.3) is 0 Å². The molecule has 1 saturated carbocycles. The van der Waals surface area contributed by atoms with Crippen LogP contribution < -0.4 is 5.32 Å². The fourth-order valence-electron chi connectivity index (χ4n) is 1.28. The molecule has 2 rings (SSSR count). The summed E-state index contributed by atoms with van der Waals surface area (Å²) in [6, 6.07) is 5.72. The number of hydrogen-bond donors (Lipinski definition) is 1. The number of nitrogens with zero attached hydrogens (tertiary/aromatic N) is 1. The number of rotatable bonds is 4. The maximum absolute atomic E-state index is 5.76. The van der Waals surface area contributed by atoms with Crippen LogP contribution in [0.3, 0.4) is 0 Å². The van der Waals surface area contributed by atoms with Crippen molar-refractivity contribution in [1.29, 1.82) is 0 Å². The first-order chi connectivity index (χ1) is 6.34. The van der Waals surface area contributed by atoms with Crippen LogP contribution in [0.2, 0.25) is 5.15 Å². The van der Waals surface area contributed by atoms with E-state index < -0.39 is 0 Å². The first kappa shape index (κ1) is 8.97. The standard InChI is InChI=1S/C10H13ClN2/c11-10-3-1-2-9(13-10)7-12-6-8-4-5-8/h1-3,8,12H,4-7H2. The van der Waals surface area contributed by atoms with E-state index in [-0.39, 0.29) is 0 Å². The molecule has 0 aliphatic heterocycles. The van der Waals surface area contributed by atoms with Crippen molar-refractivity contribution in [3.8, 4) is 0 Å². The molecule has 1 heterocycles. The molecule has 70 valence electrons. The van der Waals surface area contributed by atoms with Gasteiger partial charge in [0.15, 0.2) is 0 Å². The predicted octanol–water partition coefficient (Wildman–Crippen LogP) is 2.23. The van der Waals surface area contributed by atoms with Crippen molar-refractivity contribution in [1.82, 2.24) is 10.3 Å². The molecular weight excluding hydrogens is 184 g/mol. The molecule has 1 aromatic rings. The lowest BCUT2D eigenvalue weighted by atomic mass is 10.3. The van der Waals surface area contributed by atoms with E-state index in [1.807, 2.05) is 12.1 Å². The SMILES string of the molecule is Clc1cccc(CNCC2CC2)n1. The van der Waals surface area contributed by atoms with E-state index in [1.165, 1.54) is 12.8 Å². The predicted molar refractivity (Wildman–Crippen MR) is 53.7 cm³/mol. The second-order valence-electron chi connectivity index (χ2n) is 3.53. The first-order valence-corrected chi connectivity index (χ1v) is 5.04. The quantitative estimate of drug-likeness (QED) is 0.748. The summed E-state index contributed by atoms with van der Waals surface area (Å²) in [5, 5.41) is 3.94. The number of aromatic nitrogens is 1. The molecule has 1 fully saturated rings. The van der Waals surface area contributed by atoms with Gasteiger partial charge in [0, 0.05) is 6.54 Å². The van der Waals surface area contributed by atoms with E-state index in [4.69, 9.17) is 11.6 Å². The normalized spacial score (nSPS) is 16.1. The van der Waals surface area contributed by atoms with Crippen LogP contribution in [0, 0.1) is 5.92 Å². The lowest BCUT2D eigenvalue weighted by molar-refractivity contribution is 0.630. The molecule has 0 bridgehead atoms. The second-order valence-corrected chi connectivity index (χ2v) is 3.91. The summed E-state index contributed by atoms with van der Waals surface area (Å²) in [5.41, 5.74) is 1.02. The van der Waals surface area contributed by atoms with Crippen molar-refractivity contribution in [3.63, 3.8) is 0 Å². The van der Waals surface area contributed by atoms with Crippen LogP contribution in [-0.4, -0.2) is 11.5 Å². The summed E-state index contributed by atoms with van der Waals surface area (Å²) in [6.45, 7) is 1.95. The summed E-state index contributed by atoms with van der Waals surface area (Å²) < 4.78 is 0. The van der Waals surface area contributed by atoms with Gasteiger partial charge < -0.3 is 5.32 Å². The fraction of sp³-hybridized carbons (Fsp3) is 0.500. The average molecular weight is 197 g/mol. The highest BCUT2D eigenvalue weighted by Crippen LogP contribution is 2.27.